The maximum Gasteiger partial charge on any atom is 0.226 e. The zero-order valence-corrected chi connectivity index (χ0v) is 8.69. The Morgan fingerprint density at radius 3 is 3.00 bits per heavy atom. The topological polar surface area (TPSA) is 58.6 Å². The van der Waals surface area contributed by atoms with Gasteiger partial charge in [-0.25, -0.2) is 0 Å². The van der Waals surface area contributed by atoms with E-state index in [1.807, 2.05) is 6.92 Å². The second-order valence-corrected chi connectivity index (χ2v) is 3.05. The summed E-state index contributed by atoms with van der Waals surface area (Å²) in [6.45, 7) is 2.91. The molecule has 0 atom stereocenters. The maximum atomic E-state index is 11.3. The normalized spacial score (nSPS) is 9.93. The lowest BCUT2D eigenvalue weighted by Gasteiger charge is -2.05. The van der Waals surface area contributed by atoms with Crippen molar-refractivity contribution < 1.29 is 14.6 Å². The molecule has 0 aliphatic carbocycles. The van der Waals surface area contributed by atoms with E-state index in [2.05, 4.69) is 5.32 Å². The van der Waals surface area contributed by atoms with Gasteiger partial charge in [-0.2, -0.15) is 0 Å². The highest BCUT2D eigenvalue weighted by Crippen LogP contribution is 2.15. The molecule has 0 unspecified atom stereocenters. The minimum absolute atomic E-state index is 0.117. The van der Waals surface area contributed by atoms with Crippen molar-refractivity contribution in [3.63, 3.8) is 0 Å². The van der Waals surface area contributed by atoms with Gasteiger partial charge in [-0.3, -0.25) is 4.79 Å². The summed E-state index contributed by atoms with van der Waals surface area (Å²) in [6.07, 6.45) is 0.323. The lowest BCUT2D eigenvalue weighted by atomic mass is 10.3. The fourth-order valence-corrected chi connectivity index (χ4v) is 1.12. The van der Waals surface area contributed by atoms with Crippen molar-refractivity contribution in [1.82, 2.24) is 0 Å². The minimum atomic E-state index is -0.117. The van der Waals surface area contributed by atoms with E-state index in [0.29, 0.717) is 25.3 Å². The zero-order valence-electron chi connectivity index (χ0n) is 8.69. The molecule has 1 aromatic rings. The van der Waals surface area contributed by atoms with E-state index in [-0.39, 0.29) is 11.7 Å². The molecule has 82 valence electrons. The van der Waals surface area contributed by atoms with Gasteiger partial charge in [0.25, 0.3) is 0 Å². The van der Waals surface area contributed by atoms with Crippen LogP contribution >= 0.6 is 0 Å². The van der Waals surface area contributed by atoms with Crippen molar-refractivity contribution >= 4 is 11.6 Å². The average molecular weight is 209 g/mol. The Morgan fingerprint density at radius 2 is 2.33 bits per heavy atom. The Kier molecular flexibility index (Phi) is 4.63. The molecule has 1 amide bonds. The third-order valence-electron chi connectivity index (χ3n) is 1.81. The molecule has 0 saturated carbocycles. The van der Waals surface area contributed by atoms with Crippen LogP contribution < -0.4 is 5.32 Å². The third kappa shape index (κ3) is 4.46. The number of carbonyl (C=O) groups excluding carboxylic acids is 1. The predicted molar refractivity (Wildman–Crippen MR) is 57.8 cm³/mol. The molecule has 0 aliphatic rings. The third-order valence-corrected chi connectivity index (χ3v) is 1.81. The highest BCUT2D eigenvalue weighted by atomic mass is 16.5. The molecule has 0 spiro atoms. The highest BCUT2D eigenvalue weighted by Gasteiger charge is 2.02. The first-order valence-corrected chi connectivity index (χ1v) is 4.89. The Balaban J connectivity index is 2.37. The molecule has 4 heteroatoms. The number of phenols is 1. The molecule has 0 bridgehead atoms. The summed E-state index contributed by atoms with van der Waals surface area (Å²) in [4.78, 5) is 11.3. The first-order chi connectivity index (χ1) is 7.22. The summed E-state index contributed by atoms with van der Waals surface area (Å²) in [7, 11) is 0. The van der Waals surface area contributed by atoms with Crippen LogP contribution in [-0.4, -0.2) is 24.2 Å². The van der Waals surface area contributed by atoms with Crippen LogP contribution in [0, 0.1) is 0 Å². The van der Waals surface area contributed by atoms with Gasteiger partial charge < -0.3 is 15.2 Å². The van der Waals surface area contributed by atoms with E-state index in [1.165, 1.54) is 6.07 Å². The Hall–Kier alpha value is -1.55. The van der Waals surface area contributed by atoms with E-state index in [1.54, 1.807) is 18.2 Å². The van der Waals surface area contributed by atoms with Gasteiger partial charge in [-0.15, -0.1) is 0 Å². The summed E-state index contributed by atoms with van der Waals surface area (Å²) in [5.74, 6) is 0.0201. The number of anilines is 1. The first kappa shape index (κ1) is 11.5. The smallest absolute Gasteiger partial charge is 0.226 e. The quantitative estimate of drug-likeness (QED) is 0.726. The van der Waals surface area contributed by atoms with Crippen molar-refractivity contribution in [1.29, 1.82) is 0 Å². The number of benzene rings is 1. The second-order valence-electron chi connectivity index (χ2n) is 3.05. The summed E-state index contributed by atoms with van der Waals surface area (Å²) in [5.41, 5.74) is 0.594. The van der Waals surface area contributed by atoms with Crippen LogP contribution in [0.3, 0.4) is 0 Å². The summed E-state index contributed by atoms with van der Waals surface area (Å²) in [6, 6.07) is 6.44. The fourth-order valence-electron chi connectivity index (χ4n) is 1.12. The second kappa shape index (κ2) is 6.03. The molecule has 0 saturated heterocycles. The molecule has 0 fully saturated rings. The maximum absolute atomic E-state index is 11.3. The first-order valence-electron chi connectivity index (χ1n) is 4.89. The van der Waals surface area contributed by atoms with Gasteiger partial charge in [0.2, 0.25) is 5.91 Å². The van der Waals surface area contributed by atoms with Crippen LogP contribution in [0.1, 0.15) is 13.3 Å². The molecule has 0 aliphatic heterocycles. The number of ether oxygens (including phenoxy) is 1. The largest absolute Gasteiger partial charge is 0.508 e. The van der Waals surface area contributed by atoms with Crippen LogP contribution in [0.25, 0.3) is 0 Å². The van der Waals surface area contributed by atoms with Crippen LogP contribution in [0.15, 0.2) is 24.3 Å². The van der Waals surface area contributed by atoms with E-state index in [0.717, 1.165) is 0 Å². The SMILES string of the molecule is CCOCCC(=O)Nc1cccc(O)c1. The van der Waals surface area contributed by atoms with Crippen LogP contribution in [-0.2, 0) is 9.53 Å². The lowest BCUT2D eigenvalue weighted by Crippen LogP contribution is -2.13. The van der Waals surface area contributed by atoms with Crippen molar-refractivity contribution in [3.8, 4) is 5.75 Å². The molecule has 0 heterocycles. The molecule has 4 nitrogen and oxygen atoms in total. The molecule has 0 radical (unpaired) electrons. The van der Waals surface area contributed by atoms with E-state index in [9.17, 15) is 4.79 Å². The molecule has 2 N–H and O–H groups in total. The standard InChI is InChI=1S/C11H15NO3/c1-2-15-7-6-11(14)12-9-4-3-5-10(13)8-9/h3-5,8,13H,2,6-7H2,1H3,(H,12,14). The van der Waals surface area contributed by atoms with Gasteiger partial charge in [-0.1, -0.05) is 6.07 Å². The van der Waals surface area contributed by atoms with Gasteiger partial charge in [0.1, 0.15) is 5.75 Å². The highest BCUT2D eigenvalue weighted by molar-refractivity contribution is 5.90. The van der Waals surface area contributed by atoms with Crippen molar-refractivity contribution in [3.05, 3.63) is 24.3 Å². The molecule has 1 rings (SSSR count). The number of hydrogen-bond donors (Lipinski definition) is 2. The Bertz CT molecular complexity index is 325. The lowest BCUT2D eigenvalue weighted by molar-refractivity contribution is -0.117. The van der Waals surface area contributed by atoms with Crippen molar-refractivity contribution in [2.45, 2.75) is 13.3 Å². The minimum Gasteiger partial charge on any atom is -0.508 e. The monoisotopic (exact) mass is 209 g/mol. The van der Waals surface area contributed by atoms with E-state index < -0.39 is 0 Å². The van der Waals surface area contributed by atoms with Gasteiger partial charge in [0, 0.05) is 18.4 Å². The molecule has 0 aromatic heterocycles. The number of phenolic OH excluding ortho intramolecular Hbond substituents is 1. The molecule has 15 heavy (non-hydrogen) atoms. The number of amides is 1. The number of rotatable bonds is 5. The van der Waals surface area contributed by atoms with Crippen LogP contribution in [0.2, 0.25) is 0 Å². The molecule has 1 aromatic carbocycles. The summed E-state index contributed by atoms with van der Waals surface area (Å²) < 4.78 is 5.06. The van der Waals surface area contributed by atoms with Gasteiger partial charge in [-0.05, 0) is 19.1 Å². The number of nitrogens with one attached hydrogen (secondary N) is 1. The molecular formula is C11H15NO3. The average Bonchev–Trinajstić information content (AvgIpc) is 2.18. The molecular weight excluding hydrogens is 194 g/mol. The fraction of sp³-hybridized carbons (Fsp3) is 0.364. The van der Waals surface area contributed by atoms with Gasteiger partial charge in [0.15, 0.2) is 0 Å². The van der Waals surface area contributed by atoms with Crippen LogP contribution in [0.5, 0.6) is 5.75 Å². The van der Waals surface area contributed by atoms with E-state index >= 15 is 0 Å². The Morgan fingerprint density at radius 1 is 1.53 bits per heavy atom. The Labute approximate surface area is 88.9 Å². The summed E-state index contributed by atoms with van der Waals surface area (Å²) in [5, 5.41) is 11.8. The van der Waals surface area contributed by atoms with Crippen molar-refractivity contribution in [2.24, 2.45) is 0 Å². The predicted octanol–water partition coefficient (Wildman–Crippen LogP) is 1.76. The van der Waals surface area contributed by atoms with Crippen molar-refractivity contribution in [2.75, 3.05) is 18.5 Å². The van der Waals surface area contributed by atoms with Gasteiger partial charge in [0.05, 0.1) is 13.0 Å². The zero-order chi connectivity index (χ0) is 11.1. The summed E-state index contributed by atoms with van der Waals surface area (Å²) >= 11 is 0. The number of hydrogen-bond acceptors (Lipinski definition) is 3. The van der Waals surface area contributed by atoms with E-state index in [4.69, 9.17) is 9.84 Å². The number of aromatic hydroxyl groups is 1. The van der Waals surface area contributed by atoms with Crippen LogP contribution in [0.4, 0.5) is 5.69 Å². The number of carbonyl (C=O) groups is 1. The van der Waals surface area contributed by atoms with Gasteiger partial charge >= 0.3 is 0 Å².